The first kappa shape index (κ1) is 15.1. The Morgan fingerprint density at radius 1 is 1.20 bits per heavy atom. The van der Waals surface area contributed by atoms with Crippen molar-refractivity contribution in [3.63, 3.8) is 0 Å². The van der Waals surface area contributed by atoms with Gasteiger partial charge in [0.1, 0.15) is 0 Å². The average molecular weight is 297 g/mol. The van der Waals surface area contributed by atoms with E-state index in [1.54, 1.807) is 0 Å². The zero-order chi connectivity index (χ0) is 14.7. The van der Waals surface area contributed by atoms with Crippen molar-refractivity contribution >= 4 is 22.9 Å². The van der Waals surface area contributed by atoms with Crippen LogP contribution in [0.1, 0.15) is 25.2 Å². The molecule has 3 rings (SSSR count). The first-order chi connectivity index (χ1) is 9.66. The Morgan fingerprint density at radius 3 is 2.50 bits per heavy atom. The number of morpholine rings is 1. The number of hydrogen-bond acceptors (Lipinski definition) is 4. The first-order valence-electron chi connectivity index (χ1n) is 7.02. The molecule has 2 aromatic rings. The van der Waals surface area contributed by atoms with Crippen LogP contribution in [0.15, 0.2) is 6.07 Å². The van der Waals surface area contributed by atoms with Crippen molar-refractivity contribution in [1.29, 1.82) is 0 Å². The summed E-state index contributed by atoms with van der Waals surface area (Å²) < 4.78 is 7.20. The fourth-order valence-corrected chi connectivity index (χ4v) is 2.41. The minimum atomic E-state index is 0.490. The molecule has 0 radical (unpaired) electrons. The van der Waals surface area contributed by atoms with E-state index in [9.17, 15) is 0 Å². The number of fused-ring (bicyclic) bond motifs is 1. The van der Waals surface area contributed by atoms with Crippen molar-refractivity contribution in [3.05, 3.63) is 22.6 Å². The van der Waals surface area contributed by atoms with Gasteiger partial charge in [-0.2, -0.15) is 5.10 Å². The van der Waals surface area contributed by atoms with E-state index in [1.807, 2.05) is 38.3 Å². The Bertz CT molecular complexity index is 590. The van der Waals surface area contributed by atoms with Crippen LogP contribution in [0.3, 0.4) is 0 Å². The summed E-state index contributed by atoms with van der Waals surface area (Å²) in [5, 5.41) is 4.80. The maximum atomic E-state index is 6.11. The first-order valence-corrected chi connectivity index (χ1v) is 7.40. The lowest BCUT2D eigenvalue weighted by Crippen LogP contribution is -2.36. The number of hydrogen-bond donors (Lipinski definition) is 0. The second-order valence-corrected chi connectivity index (χ2v) is 4.86. The highest BCUT2D eigenvalue weighted by molar-refractivity contribution is 6.29. The van der Waals surface area contributed by atoms with Crippen LogP contribution in [0.2, 0.25) is 5.15 Å². The molecule has 0 unspecified atom stereocenters. The molecule has 0 aliphatic carbocycles. The standard InChI is InChI=1S/C12H15ClN4O.C2H6/c1-8-9(2)17-12(14-8)10(7-11(13)15-17)16-3-5-18-6-4-16;1-2/h7H,3-6H2,1-2H3;1-2H3. The highest BCUT2D eigenvalue weighted by Gasteiger charge is 2.18. The number of anilines is 1. The third kappa shape index (κ3) is 2.74. The Labute approximate surface area is 124 Å². The summed E-state index contributed by atoms with van der Waals surface area (Å²) in [6.07, 6.45) is 0. The van der Waals surface area contributed by atoms with Gasteiger partial charge >= 0.3 is 0 Å². The number of ether oxygens (including phenoxy) is 1. The largest absolute Gasteiger partial charge is 0.378 e. The number of nitrogens with zero attached hydrogens (tertiary/aromatic N) is 4. The van der Waals surface area contributed by atoms with Gasteiger partial charge in [0, 0.05) is 19.2 Å². The van der Waals surface area contributed by atoms with Gasteiger partial charge in [0.25, 0.3) is 0 Å². The van der Waals surface area contributed by atoms with E-state index >= 15 is 0 Å². The Hall–Kier alpha value is -1.33. The molecule has 5 nitrogen and oxygen atoms in total. The summed E-state index contributed by atoms with van der Waals surface area (Å²) in [4.78, 5) is 6.84. The second kappa shape index (κ2) is 6.41. The van der Waals surface area contributed by atoms with E-state index in [2.05, 4.69) is 15.0 Å². The highest BCUT2D eigenvalue weighted by Crippen LogP contribution is 2.26. The fourth-order valence-electron chi connectivity index (χ4n) is 2.23. The van der Waals surface area contributed by atoms with Crippen LogP contribution in [-0.2, 0) is 4.74 Å². The molecule has 0 aromatic carbocycles. The van der Waals surface area contributed by atoms with Gasteiger partial charge in [0.2, 0.25) is 0 Å². The van der Waals surface area contributed by atoms with E-state index in [0.717, 1.165) is 49.0 Å². The topological polar surface area (TPSA) is 42.7 Å². The number of aryl methyl sites for hydroxylation is 2. The summed E-state index contributed by atoms with van der Waals surface area (Å²) in [5.74, 6) is 0. The molecule has 2 aromatic heterocycles. The molecule has 1 aliphatic heterocycles. The highest BCUT2D eigenvalue weighted by atomic mass is 35.5. The van der Waals surface area contributed by atoms with Crippen LogP contribution in [0.4, 0.5) is 5.69 Å². The SMILES string of the molecule is CC.Cc1nc2c(N3CCOCC3)cc(Cl)nn2c1C. The Kier molecular flexibility index (Phi) is 4.83. The van der Waals surface area contributed by atoms with Crippen LogP contribution in [0.25, 0.3) is 5.65 Å². The zero-order valence-corrected chi connectivity index (χ0v) is 13.2. The van der Waals surface area contributed by atoms with Gasteiger partial charge in [-0.15, -0.1) is 0 Å². The molecular formula is C14H21ClN4O. The number of imidazole rings is 1. The smallest absolute Gasteiger partial charge is 0.177 e. The van der Waals surface area contributed by atoms with Crippen molar-refractivity contribution in [3.8, 4) is 0 Å². The number of rotatable bonds is 1. The van der Waals surface area contributed by atoms with Crippen LogP contribution in [0, 0.1) is 13.8 Å². The quantitative estimate of drug-likeness (QED) is 0.811. The second-order valence-electron chi connectivity index (χ2n) is 4.47. The average Bonchev–Trinajstić information content (AvgIpc) is 2.77. The fraction of sp³-hybridized carbons (Fsp3) is 0.571. The van der Waals surface area contributed by atoms with Crippen LogP contribution < -0.4 is 4.90 Å². The van der Waals surface area contributed by atoms with E-state index in [-0.39, 0.29) is 0 Å². The van der Waals surface area contributed by atoms with Crippen molar-refractivity contribution < 1.29 is 4.74 Å². The monoisotopic (exact) mass is 296 g/mol. The molecule has 1 saturated heterocycles. The van der Waals surface area contributed by atoms with E-state index in [1.165, 1.54) is 0 Å². The molecule has 3 heterocycles. The maximum Gasteiger partial charge on any atom is 0.177 e. The molecule has 6 heteroatoms. The van der Waals surface area contributed by atoms with E-state index in [0.29, 0.717) is 5.15 Å². The molecule has 0 saturated carbocycles. The summed E-state index contributed by atoms with van der Waals surface area (Å²) in [6.45, 7) is 11.2. The molecule has 20 heavy (non-hydrogen) atoms. The van der Waals surface area contributed by atoms with Gasteiger partial charge in [-0.1, -0.05) is 25.4 Å². The molecule has 1 aliphatic rings. The van der Waals surface area contributed by atoms with Crippen molar-refractivity contribution in [2.75, 3.05) is 31.2 Å². The van der Waals surface area contributed by atoms with Gasteiger partial charge in [0.15, 0.2) is 10.8 Å². The molecule has 0 N–H and O–H groups in total. The van der Waals surface area contributed by atoms with Crippen molar-refractivity contribution in [2.24, 2.45) is 0 Å². The lowest BCUT2D eigenvalue weighted by molar-refractivity contribution is 0.123. The summed E-state index contributed by atoms with van der Waals surface area (Å²) in [5.41, 5.74) is 3.92. The van der Waals surface area contributed by atoms with Gasteiger partial charge < -0.3 is 9.64 Å². The summed E-state index contributed by atoms with van der Waals surface area (Å²) in [7, 11) is 0. The van der Waals surface area contributed by atoms with Gasteiger partial charge in [-0.3, -0.25) is 0 Å². The Morgan fingerprint density at radius 2 is 1.85 bits per heavy atom. The van der Waals surface area contributed by atoms with Crippen molar-refractivity contribution in [2.45, 2.75) is 27.7 Å². The van der Waals surface area contributed by atoms with Gasteiger partial charge in [-0.25, -0.2) is 9.50 Å². The number of aromatic nitrogens is 3. The van der Waals surface area contributed by atoms with E-state index in [4.69, 9.17) is 16.3 Å². The normalized spacial score (nSPS) is 15.2. The van der Waals surface area contributed by atoms with Crippen LogP contribution in [0.5, 0.6) is 0 Å². The predicted octanol–water partition coefficient (Wildman–Crippen LogP) is 2.86. The van der Waals surface area contributed by atoms with Gasteiger partial charge in [-0.05, 0) is 13.8 Å². The minimum Gasteiger partial charge on any atom is -0.378 e. The van der Waals surface area contributed by atoms with E-state index < -0.39 is 0 Å². The third-order valence-electron chi connectivity index (χ3n) is 3.35. The lowest BCUT2D eigenvalue weighted by atomic mass is 10.3. The number of halogens is 1. The molecule has 0 atom stereocenters. The summed E-state index contributed by atoms with van der Waals surface area (Å²) in [6, 6.07) is 1.88. The van der Waals surface area contributed by atoms with Crippen molar-refractivity contribution in [1.82, 2.24) is 14.6 Å². The minimum absolute atomic E-state index is 0.490. The molecular weight excluding hydrogens is 276 g/mol. The molecule has 0 amide bonds. The Balaban J connectivity index is 0.000000704. The van der Waals surface area contributed by atoms with Crippen LogP contribution >= 0.6 is 11.6 Å². The molecule has 110 valence electrons. The summed E-state index contributed by atoms with van der Waals surface area (Å²) >= 11 is 6.11. The molecule has 0 spiro atoms. The van der Waals surface area contributed by atoms with Gasteiger partial charge in [0.05, 0.1) is 30.3 Å². The molecule has 0 bridgehead atoms. The maximum absolute atomic E-state index is 6.11. The van der Waals surface area contributed by atoms with Crippen LogP contribution in [-0.4, -0.2) is 40.9 Å². The predicted molar refractivity (Wildman–Crippen MR) is 81.9 cm³/mol. The zero-order valence-electron chi connectivity index (χ0n) is 12.5. The third-order valence-corrected chi connectivity index (χ3v) is 3.53. The molecule has 1 fully saturated rings. The lowest BCUT2D eigenvalue weighted by Gasteiger charge is -2.28.